The van der Waals surface area contributed by atoms with Gasteiger partial charge in [-0.05, 0) is 66.8 Å². The zero-order valence-corrected chi connectivity index (χ0v) is 22.9. The number of carbonyl (C=O) groups is 1. The number of benzene rings is 6. The summed E-state index contributed by atoms with van der Waals surface area (Å²) in [5.41, 5.74) is 12.4. The van der Waals surface area contributed by atoms with Gasteiger partial charge in [0.1, 0.15) is 10.8 Å². The molecule has 196 valence electrons. The molecule has 0 aliphatic heterocycles. The zero-order chi connectivity index (χ0) is 27.6. The van der Waals surface area contributed by atoms with Crippen molar-refractivity contribution in [1.82, 2.24) is 0 Å². The van der Waals surface area contributed by atoms with E-state index in [0.717, 1.165) is 33.4 Å². The number of ketones is 1. The molecule has 1 heteroatoms. The summed E-state index contributed by atoms with van der Waals surface area (Å²) in [5, 5.41) is 0. The van der Waals surface area contributed by atoms with E-state index in [1.807, 2.05) is 0 Å². The first-order valence-electron chi connectivity index (χ1n) is 14.9. The van der Waals surface area contributed by atoms with Crippen LogP contribution in [0.3, 0.4) is 0 Å². The molecule has 1 nitrogen and oxygen atoms in total. The third-order valence-corrected chi connectivity index (χ3v) is 10.7. The molecule has 0 fully saturated rings. The van der Waals surface area contributed by atoms with E-state index in [4.69, 9.17) is 0 Å². The molecular formula is C41H26O. The van der Waals surface area contributed by atoms with Gasteiger partial charge in [-0.1, -0.05) is 146 Å². The first-order chi connectivity index (χ1) is 20.8. The lowest BCUT2D eigenvalue weighted by atomic mass is 9.43. The summed E-state index contributed by atoms with van der Waals surface area (Å²) in [7, 11) is 0. The normalized spacial score (nSPS) is 24.5. The van der Waals surface area contributed by atoms with Crippen molar-refractivity contribution >= 4 is 5.78 Å². The van der Waals surface area contributed by atoms with Gasteiger partial charge in [-0.15, -0.1) is 0 Å². The molecule has 0 saturated heterocycles. The van der Waals surface area contributed by atoms with Gasteiger partial charge in [0, 0.05) is 11.8 Å². The third-order valence-electron chi connectivity index (χ3n) is 10.7. The molecule has 0 unspecified atom stereocenters. The van der Waals surface area contributed by atoms with Crippen LogP contribution in [0.5, 0.6) is 0 Å². The van der Waals surface area contributed by atoms with Gasteiger partial charge < -0.3 is 0 Å². The fraction of sp³-hybridized carbons (Fsp3) is 0.0976. The second-order valence-corrected chi connectivity index (χ2v) is 12.2. The lowest BCUT2D eigenvalue weighted by Crippen LogP contribution is -2.59. The monoisotopic (exact) mass is 534 g/mol. The minimum absolute atomic E-state index is 0.120. The first-order valence-corrected chi connectivity index (χ1v) is 14.9. The minimum Gasteiger partial charge on any atom is -0.296 e. The summed E-state index contributed by atoms with van der Waals surface area (Å²) < 4.78 is 0. The highest BCUT2D eigenvalue weighted by molar-refractivity contribution is 6.13. The number of Topliss-reactive ketones (excluding diaryl/α,β-unsaturated/α-hetero) is 1. The van der Waals surface area contributed by atoms with Crippen LogP contribution in [0.1, 0.15) is 78.6 Å². The van der Waals surface area contributed by atoms with Crippen LogP contribution >= 0.6 is 0 Å². The maximum absolute atomic E-state index is 16.7. The van der Waals surface area contributed by atoms with Crippen molar-refractivity contribution in [1.29, 1.82) is 0 Å². The van der Waals surface area contributed by atoms with Crippen molar-refractivity contribution in [3.8, 4) is 0 Å². The fourth-order valence-corrected chi connectivity index (χ4v) is 9.43. The Balaban J connectivity index is 1.43. The van der Waals surface area contributed by atoms with Gasteiger partial charge in [0.2, 0.25) is 0 Å². The van der Waals surface area contributed by atoms with E-state index in [0.29, 0.717) is 0 Å². The van der Waals surface area contributed by atoms with Crippen molar-refractivity contribution in [2.24, 2.45) is 0 Å². The molecule has 0 N–H and O–H groups in total. The van der Waals surface area contributed by atoms with Crippen molar-refractivity contribution < 1.29 is 4.79 Å². The number of rotatable bonds is 2. The standard InChI is InChI=1S/C41H26O/c42-39(40-31-19-7-1-13-25(31)37(26-14-2-8-20-32(26)40)27-15-3-9-21-33(27)40)41-34-22-10-4-16-28(34)38(29-17-5-11-23-35(29)41)30-18-6-12-24-36(30)41/h1-24,37-38H. The Kier molecular flexibility index (Phi) is 4.12. The molecule has 0 spiro atoms. The molecule has 6 aliphatic rings. The summed E-state index contributed by atoms with van der Waals surface area (Å²) in [6, 6.07) is 52.3. The highest BCUT2D eigenvalue weighted by Gasteiger charge is 2.65. The van der Waals surface area contributed by atoms with Crippen LogP contribution in [-0.2, 0) is 15.6 Å². The molecule has 0 saturated carbocycles. The van der Waals surface area contributed by atoms with Crippen molar-refractivity contribution in [3.05, 3.63) is 212 Å². The molecular weight excluding hydrogens is 508 g/mol. The van der Waals surface area contributed by atoms with Gasteiger partial charge in [-0.25, -0.2) is 0 Å². The highest BCUT2D eigenvalue weighted by atomic mass is 16.1. The van der Waals surface area contributed by atoms with Crippen LogP contribution in [0.15, 0.2) is 146 Å². The maximum Gasteiger partial charge on any atom is 0.171 e. The van der Waals surface area contributed by atoms with Crippen LogP contribution < -0.4 is 0 Å². The molecule has 12 rings (SSSR count). The molecule has 0 heterocycles. The summed E-state index contributed by atoms with van der Waals surface area (Å²) >= 11 is 0. The lowest BCUT2D eigenvalue weighted by molar-refractivity contribution is -0.125. The Hall–Kier alpha value is -5.01. The molecule has 6 aromatic carbocycles. The molecule has 0 amide bonds. The lowest BCUT2D eigenvalue weighted by Gasteiger charge is -2.56. The molecule has 0 aromatic heterocycles. The maximum atomic E-state index is 16.7. The molecule has 4 bridgehead atoms. The van der Waals surface area contributed by atoms with Gasteiger partial charge in [-0.3, -0.25) is 4.79 Å². The minimum atomic E-state index is -0.962. The van der Waals surface area contributed by atoms with Gasteiger partial charge in [0.25, 0.3) is 0 Å². The smallest absolute Gasteiger partial charge is 0.171 e. The molecule has 6 aromatic rings. The summed E-state index contributed by atoms with van der Waals surface area (Å²) in [4.78, 5) is 16.7. The van der Waals surface area contributed by atoms with E-state index in [9.17, 15) is 0 Å². The van der Waals surface area contributed by atoms with Gasteiger partial charge in [0.05, 0.1) is 0 Å². The van der Waals surface area contributed by atoms with E-state index in [2.05, 4.69) is 146 Å². The van der Waals surface area contributed by atoms with Gasteiger partial charge in [-0.2, -0.15) is 0 Å². The van der Waals surface area contributed by atoms with E-state index in [1.165, 1.54) is 33.4 Å². The topological polar surface area (TPSA) is 17.1 Å². The molecule has 6 aliphatic carbocycles. The van der Waals surface area contributed by atoms with Crippen LogP contribution in [-0.4, -0.2) is 5.78 Å². The van der Waals surface area contributed by atoms with E-state index >= 15 is 4.79 Å². The SMILES string of the molecule is O=C(C12c3ccccc3C(c3ccccc31)c1ccccc12)C12c3ccccc3C(c3ccccc31)c1ccccc12. The molecule has 42 heavy (non-hydrogen) atoms. The molecule has 0 atom stereocenters. The van der Waals surface area contributed by atoms with Crippen LogP contribution in [0.25, 0.3) is 0 Å². The quantitative estimate of drug-likeness (QED) is 0.219. The Bertz CT molecular complexity index is 1770. The van der Waals surface area contributed by atoms with Crippen LogP contribution in [0.4, 0.5) is 0 Å². The number of hydrogen-bond acceptors (Lipinski definition) is 1. The fourth-order valence-electron chi connectivity index (χ4n) is 9.43. The van der Waals surface area contributed by atoms with Crippen molar-refractivity contribution in [2.45, 2.75) is 22.7 Å². The number of hydrogen-bond donors (Lipinski definition) is 0. The Morgan fingerprint density at radius 1 is 0.333 bits per heavy atom. The first kappa shape index (κ1) is 22.7. The van der Waals surface area contributed by atoms with E-state index in [1.54, 1.807) is 0 Å². The van der Waals surface area contributed by atoms with E-state index in [-0.39, 0.29) is 17.6 Å². The Labute approximate surface area is 245 Å². The number of carbonyl (C=O) groups excluding carboxylic acids is 1. The predicted molar refractivity (Wildman–Crippen MR) is 165 cm³/mol. The third kappa shape index (κ3) is 2.29. The van der Waals surface area contributed by atoms with E-state index < -0.39 is 10.8 Å². The second kappa shape index (κ2) is 7.63. The average Bonchev–Trinajstić information content (AvgIpc) is 3.07. The molecule has 0 radical (unpaired) electrons. The van der Waals surface area contributed by atoms with Gasteiger partial charge in [0.15, 0.2) is 5.78 Å². The van der Waals surface area contributed by atoms with Crippen LogP contribution in [0, 0.1) is 0 Å². The summed E-state index contributed by atoms with van der Waals surface area (Å²) in [5.74, 6) is 0.468. The highest BCUT2D eigenvalue weighted by Crippen LogP contribution is 2.66. The van der Waals surface area contributed by atoms with Gasteiger partial charge >= 0.3 is 0 Å². The van der Waals surface area contributed by atoms with Crippen molar-refractivity contribution in [2.75, 3.05) is 0 Å². The largest absolute Gasteiger partial charge is 0.296 e. The predicted octanol–water partition coefficient (Wildman–Crippen LogP) is 8.24. The Morgan fingerprint density at radius 3 is 0.738 bits per heavy atom. The second-order valence-electron chi connectivity index (χ2n) is 12.2. The zero-order valence-electron chi connectivity index (χ0n) is 22.9. The summed E-state index contributed by atoms with van der Waals surface area (Å²) in [6.07, 6.45) is 0. The average molecular weight is 535 g/mol. The van der Waals surface area contributed by atoms with Crippen molar-refractivity contribution in [3.63, 3.8) is 0 Å². The van der Waals surface area contributed by atoms with Crippen LogP contribution in [0.2, 0.25) is 0 Å². The summed E-state index contributed by atoms with van der Waals surface area (Å²) in [6.45, 7) is 0. The Morgan fingerprint density at radius 2 is 0.524 bits per heavy atom.